The molecule has 0 aliphatic rings. The molecule has 20 heavy (non-hydrogen) atoms. The minimum atomic E-state index is -0.106. The first-order valence-electron chi connectivity index (χ1n) is 6.39. The second-order valence-electron chi connectivity index (χ2n) is 4.65. The zero-order chi connectivity index (χ0) is 14.1. The highest BCUT2D eigenvalue weighted by Crippen LogP contribution is 2.07. The van der Waals surface area contributed by atoms with Gasteiger partial charge in [0.15, 0.2) is 0 Å². The van der Waals surface area contributed by atoms with Crippen LogP contribution in [0.25, 0.3) is 5.78 Å². The van der Waals surface area contributed by atoms with Crippen molar-refractivity contribution in [3.8, 4) is 0 Å². The molecule has 2 N–H and O–H groups in total. The number of rotatable bonds is 3. The number of aromatic amines is 1. The molecule has 0 aliphatic carbocycles. The molecule has 0 aliphatic heterocycles. The van der Waals surface area contributed by atoms with Crippen molar-refractivity contribution < 1.29 is 0 Å². The Bertz CT molecular complexity index is 804. The molecule has 0 saturated heterocycles. The zero-order valence-corrected chi connectivity index (χ0v) is 11.3. The topological polar surface area (TPSA) is 75.1 Å². The molecule has 0 spiro atoms. The van der Waals surface area contributed by atoms with E-state index in [9.17, 15) is 4.79 Å². The summed E-state index contributed by atoms with van der Waals surface area (Å²) in [6, 6.07) is 9.82. The highest BCUT2D eigenvalue weighted by Gasteiger charge is 2.09. The molecule has 102 valence electrons. The molecule has 6 heteroatoms. The van der Waals surface area contributed by atoms with Crippen LogP contribution in [0.4, 0.5) is 5.69 Å². The number of hydrogen-bond acceptors (Lipinski definition) is 4. The summed E-state index contributed by atoms with van der Waals surface area (Å²) in [5.41, 5.74) is 2.24. The van der Waals surface area contributed by atoms with Gasteiger partial charge in [-0.1, -0.05) is 18.2 Å². The lowest BCUT2D eigenvalue weighted by atomic mass is 10.3. The van der Waals surface area contributed by atoms with Crippen LogP contribution in [0.15, 0.2) is 35.1 Å². The van der Waals surface area contributed by atoms with Gasteiger partial charge in [-0.2, -0.15) is 9.50 Å². The van der Waals surface area contributed by atoms with E-state index >= 15 is 0 Å². The molecule has 0 unspecified atom stereocenters. The number of para-hydroxylation sites is 1. The third kappa shape index (κ3) is 2.16. The Morgan fingerprint density at radius 2 is 1.95 bits per heavy atom. The van der Waals surface area contributed by atoms with Crippen LogP contribution >= 0.6 is 0 Å². The fourth-order valence-electron chi connectivity index (χ4n) is 1.97. The van der Waals surface area contributed by atoms with Gasteiger partial charge in [0.2, 0.25) is 0 Å². The van der Waals surface area contributed by atoms with Crippen LogP contribution in [0.3, 0.4) is 0 Å². The second-order valence-corrected chi connectivity index (χ2v) is 4.65. The van der Waals surface area contributed by atoms with Crippen LogP contribution in [0.1, 0.15) is 17.1 Å². The Morgan fingerprint density at radius 1 is 1.20 bits per heavy atom. The van der Waals surface area contributed by atoms with Crippen molar-refractivity contribution in [3.05, 3.63) is 57.8 Å². The summed E-state index contributed by atoms with van der Waals surface area (Å²) in [6.07, 6.45) is 0. The fraction of sp³-hybridized carbons (Fsp3) is 0.214. The van der Waals surface area contributed by atoms with E-state index in [1.807, 2.05) is 37.3 Å². The smallest absolute Gasteiger partial charge is 0.277 e. The lowest BCUT2D eigenvalue weighted by molar-refractivity contribution is 0.841. The summed E-state index contributed by atoms with van der Waals surface area (Å²) in [5.74, 6) is 1.08. The van der Waals surface area contributed by atoms with Crippen molar-refractivity contribution in [1.29, 1.82) is 0 Å². The Hall–Kier alpha value is -2.63. The Kier molecular flexibility index (Phi) is 2.98. The summed E-state index contributed by atoms with van der Waals surface area (Å²) in [6.45, 7) is 4.08. The van der Waals surface area contributed by atoms with Crippen molar-refractivity contribution in [2.45, 2.75) is 20.4 Å². The number of nitrogens with one attached hydrogen (secondary N) is 2. The van der Waals surface area contributed by atoms with E-state index in [4.69, 9.17) is 0 Å². The molecular formula is C14H15N5O. The van der Waals surface area contributed by atoms with Crippen LogP contribution in [-0.2, 0) is 6.54 Å². The number of anilines is 1. The number of nitrogens with zero attached hydrogens (tertiary/aromatic N) is 3. The maximum atomic E-state index is 12.1. The number of H-pyrrole nitrogens is 1. The van der Waals surface area contributed by atoms with E-state index in [0.717, 1.165) is 5.69 Å². The van der Waals surface area contributed by atoms with Gasteiger partial charge >= 0.3 is 0 Å². The van der Waals surface area contributed by atoms with Crippen LogP contribution in [0, 0.1) is 13.8 Å². The van der Waals surface area contributed by atoms with Gasteiger partial charge in [0, 0.05) is 16.9 Å². The van der Waals surface area contributed by atoms with E-state index < -0.39 is 0 Å². The quantitative estimate of drug-likeness (QED) is 0.758. The molecule has 0 fully saturated rings. The average Bonchev–Trinajstić information content (AvgIpc) is 2.87. The first kappa shape index (κ1) is 12.4. The predicted octanol–water partition coefficient (Wildman–Crippen LogP) is 1.65. The molecule has 2 heterocycles. The van der Waals surface area contributed by atoms with Crippen molar-refractivity contribution in [1.82, 2.24) is 19.6 Å². The van der Waals surface area contributed by atoms with E-state index in [0.29, 0.717) is 29.4 Å². The van der Waals surface area contributed by atoms with E-state index in [1.54, 1.807) is 6.92 Å². The molecule has 0 bridgehead atoms. The van der Waals surface area contributed by atoms with Crippen molar-refractivity contribution >= 4 is 11.5 Å². The summed E-state index contributed by atoms with van der Waals surface area (Å²) < 4.78 is 1.38. The minimum Gasteiger partial charge on any atom is -0.378 e. The van der Waals surface area contributed by atoms with Crippen molar-refractivity contribution in [2.75, 3.05) is 5.32 Å². The molecule has 0 radical (unpaired) electrons. The molecule has 3 aromatic rings. The summed E-state index contributed by atoms with van der Waals surface area (Å²) >= 11 is 0. The van der Waals surface area contributed by atoms with Crippen LogP contribution in [0.2, 0.25) is 0 Å². The molecule has 3 rings (SSSR count). The highest BCUT2D eigenvalue weighted by atomic mass is 16.1. The Balaban J connectivity index is 1.90. The standard InChI is InChI=1S/C14H15N5O/c1-9-10(2)16-14-17-12(18-19(14)13(9)20)8-15-11-6-4-3-5-7-11/h3-7,15H,8H2,1-2H3,(H,16,17,18). The molecule has 6 nitrogen and oxygen atoms in total. The monoisotopic (exact) mass is 269 g/mol. The van der Waals surface area contributed by atoms with Crippen molar-refractivity contribution in [2.24, 2.45) is 0 Å². The van der Waals surface area contributed by atoms with Gasteiger partial charge in [-0.15, -0.1) is 0 Å². The SMILES string of the molecule is Cc1nc2nc(CNc3ccccc3)[nH]n2c(=O)c1C. The summed E-state index contributed by atoms with van der Waals surface area (Å²) in [7, 11) is 0. The van der Waals surface area contributed by atoms with Gasteiger partial charge < -0.3 is 5.32 Å². The number of aromatic nitrogens is 4. The number of fused-ring (bicyclic) bond motifs is 1. The van der Waals surface area contributed by atoms with E-state index in [2.05, 4.69) is 20.4 Å². The molecule has 0 saturated carbocycles. The maximum absolute atomic E-state index is 12.1. The average molecular weight is 269 g/mol. The van der Waals surface area contributed by atoms with Gasteiger partial charge in [0.05, 0.1) is 6.54 Å². The van der Waals surface area contributed by atoms with E-state index in [1.165, 1.54) is 4.52 Å². The molecule has 1 aromatic carbocycles. The van der Waals surface area contributed by atoms with Crippen LogP contribution < -0.4 is 10.9 Å². The lowest BCUT2D eigenvalue weighted by Crippen LogP contribution is -2.19. The zero-order valence-electron chi connectivity index (χ0n) is 11.3. The van der Waals surface area contributed by atoms with Crippen LogP contribution in [0.5, 0.6) is 0 Å². The van der Waals surface area contributed by atoms with Gasteiger partial charge in [-0.25, -0.2) is 4.98 Å². The Morgan fingerprint density at radius 3 is 2.70 bits per heavy atom. The number of aryl methyl sites for hydroxylation is 1. The van der Waals surface area contributed by atoms with Crippen molar-refractivity contribution in [3.63, 3.8) is 0 Å². The van der Waals surface area contributed by atoms with Gasteiger partial charge in [0.25, 0.3) is 11.3 Å². The Labute approximate surface area is 115 Å². The lowest BCUT2D eigenvalue weighted by Gasteiger charge is -2.02. The molecule has 2 aromatic heterocycles. The third-order valence-corrected chi connectivity index (χ3v) is 3.24. The summed E-state index contributed by atoms with van der Waals surface area (Å²) in [5, 5.41) is 6.20. The van der Waals surface area contributed by atoms with E-state index in [-0.39, 0.29) is 5.56 Å². The van der Waals surface area contributed by atoms with Gasteiger partial charge in [-0.3, -0.25) is 9.89 Å². The normalized spacial score (nSPS) is 10.9. The number of benzene rings is 1. The first-order valence-corrected chi connectivity index (χ1v) is 6.39. The van der Waals surface area contributed by atoms with Gasteiger partial charge in [0.1, 0.15) is 5.82 Å². The molecule has 0 amide bonds. The second kappa shape index (κ2) is 4.80. The van der Waals surface area contributed by atoms with Crippen LogP contribution in [-0.4, -0.2) is 19.6 Å². The maximum Gasteiger partial charge on any atom is 0.277 e. The summed E-state index contributed by atoms with van der Waals surface area (Å²) in [4.78, 5) is 20.7. The predicted molar refractivity (Wildman–Crippen MR) is 76.9 cm³/mol. The first-order chi connectivity index (χ1) is 9.65. The molecule has 0 atom stereocenters. The molecular weight excluding hydrogens is 254 g/mol. The fourth-order valence-corrected chi connectivity index (χ4v) is 1.97. The van der Waals surface area contributed by atoms with Gasteiger partial charge in [-0.05, 0) is 26.0 Å². The highest BCUT2D eigenvalue weighted by molar-refractivity contribution is 5.42. The minimum absolute atomic E-state index is 0.106. The third-order valence-electron chi connectivity index (χ3n) is 3.24. The largest absolute Gasteiger partial charge is 0.378 e. The number of hydrogen-bond donors (Lipinski definition) is 2.